The van der Waals surface area contributed by atoms with E-state index in [1.165, 1.54) is 11.8 Å². The van der Waals surface area contributed by atoms with Crippen LogP contribution in [-0.2, 0) is 4.79 Å². The summed E-state index contributed by atoms with van der Waals surface area (Å²) in [6.45, 7) is 0. The summed E-state index contributed by atoms with van der Waals surface area (Å²) in [5.74, 6) is 0.709. The zero-order chi connectivity index (χ0) is 14.2. The van der Waals surface area contributed by atoms with Crippen LogP contribution in [0.5, 0.6) is 0 Å². The Morgan fingerprint density at radius 1 is 1.40 bits per heavy atom. The molecular formula is C15H17ClN2OS. The van der Waals surface area contributed by atoms with Crippen LogP contribution in [0.2, 0.25) is 5.02 Å². The molecule has 0 aliphatic heterocycles. The predicted octanol–water partition coefficient (Wildman–Crippen LogP) is 3.89. The maximum Gasteiger partial charge on any atom is 0.250 e. The minimum Gasteiger partial charge on any atom is -0.272 e. The maximum atomic E-state index is 11.6. The van der Waals surface area contributed by atoms with E-state index in [0.29, 0.717) is 16.7 Å². The smallest absolute Gasteiger partial charge is 0.250 e. The van der Waals surface area contributed by atoms with Crippen LogP contribution in [0, 0.1) is 5.92 Å². The molecule has 0 saturated heterocycles. The second-order valence-electron chi connectivity index (χ2n) is 4.60. The molecule has 0 fully saturated rings. The highest BCUT2D eigenvalue weighted by Crippen LogP contribution is 2.20. The average Bonchev–Trinajstić information content (AvgIpc) is 2.48. The molecule has 1 aliphatic carbocycles. The van der Waals surface area contributed by atoms with Crippen molar-refractivity contribution in [2.45, 2.75) is 24.2 Å². The summed E-state index contributed by atoms with van der Waals surface area (Å²) < 4.78 is 0. The molecule has 2 rings (SSSR count). The van der Waals surface area contributed by atoms with Gasteiger partial charge < -0.3 is 0 Å². The van der Waals surface area contributed by atoms with Crippen LogP contribution in [0.25, 0.3) is 0 Å². The number of hydrogen-bond donors (Lipinski definition) is 1. The number of allylic oxidation sites excluding steroid dienone is 2. The lowest BCUT2D eigenvalue weighted by Crippen LogP contribution is -2.20. The average molecular weight is 309 g/mol. The molecule has 0 saturated carbocycles. The third-order valence-electron chi connectivity index (χ3n) is 2.97. The molecule has 106 valence electrons. The molecule has 1 amide bonds. The lowest BCUT2D eigenvalue weighted by atomic mass is 9.96. The van der Waals surface area contributed by atoms with Gasteiger partial charge in [-0.15, -0.1) is 11.8 Å². The number of halogens is 1. The Morgan fingerprint density at radius 2 is 2.20 bits per heavy atom. The van der Waals surface area contributed by atoms with Gasteiger partial charge in [0.25, 0.3) is 0 Å². The summed E-state index contributed by atoms with van der Waals surface area (Å²) in [5.41, 5.74) is 2.57. The van der Waals surface area contributed by atoms with E-state index in [-0.39, 0.29) is 5.91 Å². The number of carbonyl (C=O) groups excluding carboxylic acids is 1. The maximum absolute atomic E-state index is 11.6. The lowest BCUT2D eigenvalue weighted by Gasteiger charge is -2.11. The summed E-state index contributed by atoms with van der Waals surface area (Å²) in [6, 6.07) is 7.43. The molecule has 5 heteroatoms. The van der Waals surface area contributed by atoms with E-state index in [1.807, 2.05) is 30.5 Å². The molecule has 1 atom stereocenters. The fourth-order valence-electron chi connectivity index (χ4n) is 1.88. The van der Waals surface area contributed by atoms with Gasteiger partial charge in [0, 0.05) is 16.1 Å². The van der Waals surface area contributed by atoms with Crippen molar-refractivity contribution < 1.29 is 4.79 Å². The van der Waals surface area contributed by atoms with E-state index in [1.54, 1.807) is 0 Å². The third-order valence-corrected chi connectivity index (χ3v) is 4.23. The Kier molecular flexibility index (Phi) is 6.15. The highest BCUT2D eigenvalue weighted by atomic mass is 35.5. The molecule has 20 heavy (non-hydrogen) atoms. The van der Waals surface area contributed by atoms with Crippen LogP contribution in [0.4, 0.5) is 0 Å². The number of hydrogen-bond acceptors (Lipinski definition) is 3. The SMILES string of the molecule is O=C(CSc1ccc(Cl)cc1)N/N=C/C1CC=CCC1. The number of amides is 1. The molecular weight excluding hydrogens is 292 g/mol. The van der Waals surface area contributed by atoms with Crippen molar-refractivity contribution in [2.24, 2.45) is 11.0 Å². The van der Waals surface area contributed by atoms with Crippen molar-refractivity contribution >= 4 is 35.5 Å². The van der Waals surface area contributed by atoms with Gasteiger partial charge in [-0.05, 0) is 49.4 Å². The standard InChI is InChI=1S/C15H17ClN2OS/c16-13-6-8-14(9-7-13)20-11-15(19)18-17-10-12-4-2-1-3-5-12/h1-2,6-10,12H,3-5,11H2,(H,18,19)/b17-10+. The summed E-state index contributed by atoms with van der Waals surface area (Å²) in [7, 11) is 0. The zero-order valence-corrected chi connectivity index (χ0v) is 12.7. The highest BCUT2D eigenvalue weighted by Gasteiger charge is 2.07. The molecule has 0 bridgehead atoms. The highest BCUT2D eigenvalue weighted by molar-refractivity contribution is 8.00. The monoisotopic (exact) mass is 308 g/mol. The van der Waals surface area contributed by atoms with Gasteiger partial charge in [-0.2, -0.15) is 5.10 Å². The van der Waals surface area contributed by atoms with Gasteiger partial charge in [-0.1, -0.05) is 23.8 Å². The Hall–Kier alpha value is -1.26. The summed E-state index contributed by atoms with van der Waals surface area (Å²) >= 11 is 7.27. The molecule has 3 nitrogen and oxygen atoms in total. The largest absolute Gasteiger partial charge is 0.272 e. The summed E-state index contributed by atoms with van der Waals surface area (Å²) in [5, 5.41) is 4.73. The van der Waals surface area contributed by atoms with Gasteiger partial charge in [-0.3, -0.25) is 4.79 Å². The van der Waals surface area contributed by atoms with E-state index in [4.69, 9.17) is 11.6 Å². The van der Waals surface area contributed by atoms with E-state index < -0.39 is 0 Å². The van der Waals surface area contributed by atoms with Gasteiger partial charge in [0.1, 0.15) is 0 Å². The third kappa shape index (κ3) is 5.39. The van der Waals surface area contributed by atoms with Crippen molar-refractivity contribution in [1.82, 2.24) is 5.43 Å². The number of hydrazone groups is 1. The number of nitrogens with one attached hydrogen (secondary N) is 1. The van der Waals surface area contributed by atoms with E-state index >= 15 is 0 Å². The topological polar surface area (TPSA) is 41.5 Å². The van der Waals surface area contributed by atoms with Crippen molar-refractivity contribution in [3.05, 3.63) is 41.4 Å². The molecule has 0 heterocycles. The van der Waals surface area contributed by atoms with Crippen molar-refractivity contribution in [1.29, 1.82) is 0 Å². The van der Waals surface area contributed by atoms with Crippen molar-refractivity contribution in [3.8, 4) is 0 Å². The number of nitrogens with zero attached hydrogens (tertiary/aromatic N) is 1. The molecule has 0 radical (unpaired) electrons. The first kappa shape index (κ1) is 15.1. The van der Waals surface area contributed by atoms with Crippen molar-refractivity contribution in [2.75, 3.05) is 5.75 Å². The van der Waals surface area contributed by atoms with Crippen LogP contribution in [0.15, 0.2) is 46.4 Å². The number of carbonyl (C=O) groups is 1. The van der Waals surface area contributed by atoms with E-state index in [0.717, 1.165) is 24.2 Å². The fourth-order valence-corrected chi connectivity index (χ4v) is 2.70. The van der Waals surface area contributed by atoms with Gasteiger partial charge in [0.05, 0.1) is 5.75 Å². The second kappa shape index (κ2) is 8.12. The Balaban J connectivity index is 1.68. The van der Waals surface area contributed by atoms with Gasteiger partial charge in [0.15, 0.2) is 0 Å². The molecule has 1 aliphatic rings. The second-order valence-corrected chi connectivity index (χ2v) is 6.09. The Morgan fingerprint density at radius 3 is 2.90 bits per heavy atom. The van der Waals surface area contributed by atoms with Crippen LogP contribution in [0.1, 0.15) is 19.3 Å². The fraction of sp³-hybridized carbons (Fsp3) is 0.333. The lowest BCUT2D eigenvalue weighted by molar-refractivity contribution is -0.118. The van der Waals surface area contributed by atoms with Gasteiger partial charge >= 0.3 is 0 Å². The van der Waals surface area contributed by atoms with Crippen molar-refractivity contribution in [3.63, 3.8) is 0 Å². The van der Waals surface area contributed by atoms with Gasteiger partial charge in [0.2, 0.25) is 5.91 Å². The van der Waals surface area contributed by atoms with Crippen LogP contribution in [-0.4, -0.2) is 17.9 Å². The minimum absolute atomic E-state index is 0.0902. The molecule has 0 aromatic heterocycles. The zero-order valence-electron chi connectivity index (χ0n) is 11.1. The number of thioether (sulfide) groups is 1. The van der Waals surface area contributed by atoms with Gasteiger partial charge in [-0.25, -0.2) is 5.43 Å². The first-order chi connectivity index (χ1) is 9.74. The normalized spacial score (nSPS) is 18.4. The Labute approximate surface area is 128 Å². The quantitative estimate of drug-likeness (QED) is 0.388. The summed E-state index contributed by atoms with van der Waals surface area (Å²) in [6.07, 6.45) is 9.41. The predicted molar refractivity (Wildman–Crippen MR) is 85.3 cm³/mol. The molecule has 1 aromatic rings. The molecule has 1 aromatic carbocycles. The minimum atomic E-state index is -0.0902. The molecule has 1 unspecified atom stereocenters. The summed E-state index contributed by atoms with van der Waals surface area (Å²) in [4.78, 5) is 12.7. The van der Waals surface area contributed by atoms with Crippen LogP contribution < -0.4 is 5.43 Å². The molecule has 0 spiro atoms. The van der Waals surface area contributed by atoms with Crippen LogP contribution in [0.3, 0.4) is 0 Å². The number of rotatable bonds is 5. The first-order valence-corrected chi connectivity index (χ1v) is 7.96. The molecule has 1 N–H and O–H groups in total. The first-order valence-electron chi connectivity index (χ1n) is 6.59. The van der Waals surface area contributed by atoms with Crippen LogP contribution >= 0.6 is 23.4 Å². The number of benzene rings is 1. The van der Waals surface area contributed by atoms with E-state index in [2.05, 4.69) is 22.7 Å². The van der Waals surface area contributed by atoms with E-state index in [9.17, 15) is 4.79 Å². The Bertz CT molecular complexity index is 499.